The molecule has 0 aromatic heterocycles. The van der Waals surface area contributed by atoms with E-state index < -0.39 is 6.10 Å². The van der Waals surface area contributed by atoms with Crippen LogP contribution in [0.15, 0.2) is 24.3 Å². The average Bonchev–Trinajstić information content (AvgIpc) is 2.56. The lowest BCUT2D eigenvalue weighted by atomic mass is 9.96. The van der Waals surface area contributed by atoms with Crippen LogP contribution in [0.25, 0.3) is 0 Å². The van der Waals surface area contributed by atoms with E-state index in [1.165, 1.54) is 18.4 Å². The Balaban J connectivity index is 0.00000288. The molecule has 0 saturated carbocycles. The summed E-state index contributed by atoms with van der Waals surface area (Å²) in [5, 5.41) is 6.40. The average molecular weight is 355 g/mol. The minimum absolute atomic E-state index is 0. The van der Waals surface area contributed by atoms with Crippen LogP contribution in [0, 0.1) is 5.92 Å². The molecule has 1 heterocycles. The predicted molar refractivity (Wildman–Crippen MR) is 101 cm³/mol. The number of carbonyl (C=O) groups excluding carboxylic acids is 1. The Morgan fingerprint density at radius 1 is 1.38 bits per heavy atom. The van der Waals surface area contributed by atoms with E-state index in [1.54, 1.807) is 6.92 Å². The van der Waals surface area contributed by atoms with E-state index in [0.29, 0.717) is 11.8 Å². The summed E-state index contributed by atoms with van der Waals surface area (Å²) in [5.41, 5.74) is 1.22. The van der Waals surface area contributed by atoms with Gasteiger partial charge in [0.25, 0.3) is 5.91 Å². The molecule has 2 atom stereocenters. The van der Waals surface area contributed by atoms with Crippen molar-refractivity contribution in [3.8, 4) is 5.75 Å². The van der Waals surface area contributed by atoms with Crippen molar-refractivity contribution < 1.29 is 9.53 Å². The molecule has 0 radical (unpaired) electrons. The second-order valence-corrected chi connectivity index (χ2v) is 6.78. The van der Waals surface area contributed by atoms with Gasteiger partial charge in [0.15, 0.2) is 6.10 Å². The molecule has 5 heteroatoms. The quantitative estimate of drug-likeness (QED) is 0.787. The van der Waals surface area contributed by atoms with Crippen LogP contribution in [0.3, 0.4) is 0 Å². The minimum atomic E-state index is -0.470. The molecule has 1 amide bonds. The van der Waals surface area contributed by atoms with Gasteiger partial charge in [-0.1, -0.05) is 26.0 Å². The molecule has 1 saturated heterocycles. The van der Waals surface area contributed by atoms with Gasteiger partial charge in [0.05, 0.1) is 0 Å². The Kier molecular flexibility index (Phi) is 9.16. The number of benzene rings is 1. The third kappa shape index (κ3) is 6.70. The van der Waals surface area contributed by atoms with Gasteiger partial charge < -0.3 is 15.4 Å². The molecule has 0 aliphatic carbocycles. The van der Waals surface area contributed by atoms with Crippen LogP contribution in [0.1, 0.15) is 51.5 Å². The van der Waals surface area contributed by atoms with E-state index in [9.17, 15) is 4.79 Å². The zero-order chi connectivity index (χ0) is 16.7. The van der Waals surface area contributed by atoms with Gasteiger partial charge in [0.2, 0.25) is 0 Å². The van der Waals surface area contributed by atoms with Crippen molar-refractivity contribution >= 4 is 18.3 Å². The summed E-state index contributed by atoms with van der Waals surface area (Å²) in [6, 6.07) is 7.98. The van der Waals surface area contributed by atoms with Gasteiger partial charge in [0.1, 0.15) is 5.75 Å². The Hall–Kier alpha value is -1.26. The Labute approximate surface area is 152 Å². The summed E-state index contributed by atoms with van der Waals surface area (Å²) < 4.78 is 5.79. The van der Waals surface area contributed by atoms with Gasteiger partial charge in [0, 0.05) is 6.54 Å². The second kappa shape index (κ2) is 10.6. The molecule has 24 heavy (non-hydrogen) atoms. The summed E-state index contributed by atoms with van der Waals surface area (Å²) in [4.78, 5) is 12.2. The molecule has 2 N–H and O–H groups in total. The molecular formula is C19H31ClN2O2. The molecule has 0 bridgehead atoms. The van der Waals surface area contributed by atoms with Crippen molar-refractivity contribution in [1.29, 1.82) is 0 Å². The van der Waals surface area contributed by atoms with Crippen molar-refractivity contribution in [3.05, 3.63) is 29.8 Å². The monoisotopic (exact) mass is 354 g/mol. The summed E-state index contributed by atoms with van der Waals surface area (Å²) >= 11 is 0. The summed E-state index contributed by atoms with van der Waals surface area (Å²) in [6.45, 7) is 9.03. The number of piperidine rings is 1. The molecule has 1 aromatic rings. The van der Waals surface area contributed by atoms with Crippen LogP contribution in [0.4, 0.5) is 0 Å². The van der Waals surface area contributed by atoms with Crippen LogP contribution in [0.5, 0.6) is 5.75 Å². The number of ether oxygens (including phenoxy) is 1. The van der Waals surface area contributed by atoms with Gasteiger partial charge in [-0.15, -0.1) is 12.4 Å². The Bertz CT molecular complexity index is 502. The smallest absolute Gasteiger partial charge is 0.260 e. The lowest BCUT2D eigenvalue weighted by Crippen LogP contribution is -2.38. The van der Waals surface area contributed by atoms with E-state index in [2.05, 4.69) is 30.5 Å². The van der Waals surface area contributed by atoms with Crippen LogP contribution in [-0.4, -0.2) is 31.6 Å². The van der Waals surface area contributed by atoms with Crippen molar-refractivity contribution in [1.82, 2.24) is 10.6 Å². The maximum absolute atomic E-state index is 12.2. The van der Waals surface area contributed by atoms with E-state index in [1.807, 2.05) is 18.2 Å². The van der Waals surface area contributed by atoms with Crippen LogP contribution in [-0.2, 0) is 4.79 Å². The number of rotatable bonds is 7. The number of carbonyl (C=O) groups is 1. The van der Waals surface area contributed by atoms with E-state index in [4.69, 9.17) is 4.74 Å². The highest BCUT2D eigenvalue weighted by Gasteiger charge is 2.17. The van der Waals surface area contributed by atoms with Gasteiger partial charge in [-0.05, 0) is 68.8 Å². The minimum Gasteiger partial charge on any atom is -0.481 e. The number of amides is 1. The Morgan fingerprint density at radius 2 is 2.17 bits per heavy atom. The lowest BCUT2D eigenvalue weighted by Gasteiger charge is -2.23. The summed E-state index contributed by atoms with van der Waals surface area (Å²) in [5.74, 6) is 1.86. The molecule has 136 valence electrons. The van der Waals surface area contributed by atoms with Gasteiger partial charge in [-0.2, -0.15) is 0 Å². The normalized spacial score (nSPS) is 18.6. The fourth-order valence-corrected chi connectivity index (χ4v) is 2.92. The third-order valence-electron chi connectivity index (χ3n) is 4.46. The standard InChI is InChI=1S/C19H30N2O2.ClH/c1-14(2)17-7-4-8-18(12-17)23-15(3)19(22)21-11-9-16-6-5-10-20-13-16;/h4,7-8,12,14-16,20H,5-6,9-11,13H2,1-3H3,(H,21,22);1H. The number of nitrogens with one attached hydrogen (secondary N) is 2. The van der Waals surface area contributed by atoms with Crippen molar-refractivity contribution in [2.75, 3.05) is 19.6 Å². The maximum Gasteiger partial charge on any atom is 0.260 e. The highest BCUT2D eigenvalue weighted by atomic mass is 35.5. The number of hydrogen-bond donors (Lipinski definition) is 2. The molecule has 0 spiro atoms. The summed E-state index contributed by atoms with van der Waals surface area (Å²) in [6.07, 6.45) is 3.07. The molecule has 1 aliphatic heterocycles. The van der Waals surface area contributed by atoms with E-state index in [-0.39, 0.29) is 18.3 Å². The van der Waals surface area contributed by atoms with Gasteiger partial charge >= 0.3 is 0 Å². The number of hydrogen-bond acceptors (Lipinski definition) is 3. The SMILES string of the molecule is CC(Oc1cccc(C(C)C)c1)C(=O)NCCC1CCCNC1.Cl. The van der Waals surface area contributed by atoms with E-state index >= 15 is 0 Å². The zero-order valence-electron chi connectivity index (χ0n) is 15.0. The number of halogens is 1. The first-order valence-corrected chi connectivity index (χ1v) is 8.81. The largest absolute Gasteiger partial charge is 0.481 e. The molecule has 2 rings (SSSR count). The van der Waals surface area contributed by atoms with Crippen LogP contribution >= 0.6 is 12.4 Å². The van der Waals surface area contributed by atoms with Crippen LogP contribution in [0.2, 0.25) is 0 Å². The lowest BCUT2D eigenvalue weighted by molar-refractivity contribution is -0.127. The van der Waals surface area contributed by atoms with Crippen LogP contribution < -0.4 is 15.4 Å². The molecule has 1 aliphatic rings. The van der Waals surface area contributed by atoms with Gasteiger partial charge in [-0.25, -0.2) is 0 Å². The first-order chi connectivity index (χ1) is 11.1. The fourth-order valence-electron chi connectivity index (χ4n) is 2.92. The third-order valence-corrected chi connectivity index (χ3v) is 4.46. The molecule has 1 aromatic carbocycles. The molecular weight excluding hydrogens is 324 g/mol. The van der Waals surface area contributed by atoms with Gasteiger partial charge in [-0.3, -0.25) is 4.79 Å². The van der Waals surface area contributed by atoms with Crippen molar-refractivity contribution in [3.63, 3.8) is 0 Å². The van der Waals surface area contributed by atoms with E-state index in [0.717, 1.165) is 31.8 Å². The molecule has 1 fully saturated rings. The first kappa shape index (κ1) is 20.8. The predicted octanol–water partition coefficient (Wildman–Crippen LogP) is 3.51. The highest BCUT2D eigenvalue weighted by Crippen LogP contribution is 2.21. The maximum atomic E-state index is 12.2. The zero-order valence-corrected chi connectivity index (χ0v) is 15.8. The second-order valence-electron chi connectivity index (χ2n) is 6.78. The van der Waals surface area contributed by atoms with Crippen molar-refractivity contribution in [2.24, 2.45) is 5.92 Å². The first-order valence-electron chi connectivity index (χ1n) is 8.81. The topological polar surface area (TPSA) is 50.4 Å². The fraction of sp³-hybridized carbons (Fsp3) is 0.632. The molecule has 2 unspecified atom stereocenters. The summed E-state index contributed by atoms with van der Waals surface area (Å²) in [7, 11) is 0. The highest BCUT2D eigenvalue weighted by molar-refractivity contribution is 5.85. The Morgan fingerprint density at radius 3 is 2.83 bits per heavy atom. The molecule has 4 nitrogen and oxygen atoms in total. The van der Waals surface area contributed by atoms with Crippen molar-refractivity contribution in [2.45, 2.75) is 52.1 Å².